The summed E-state index contributed by atoms with van der Waals surface area (Å²) in [5, 5.41) is 2.82. The summed E-state index contributed by atoms with van der Waals surface area (Å²) < 4.78 is 31.0. The van der Waals surface area contributed by atoms with Crippen molar-refractivity contribution in [1.29, 1.82) is 0 Å². The molecule has 0 bridgehead atoms. The van der Waals surface area contributed by atoms with Gasteiger partial charge in [-0.25, -0.2) is 8.42 Å². The van der Waals surface area contributed by atoms with Crippen LogP contribution in [0.1, 0.15) is 33.6 Å². The van der Waals surface area contributed by atoms with Gasteiger partial charge in [-0.3, -0.25) is 9.10 Å². The smallest absolute Gasteiger partial charge is 0.232 e. The van der Waals surface area contributed by atoms with Crippen molar-refractivity contribution in [3.05, 3.63) is 24.3 Å². The summed E-state index contributed by atoms with van der Waals surface area (Å²) in [6.45, 7) is 7.12. The Hall–Kier alpha value is -1.76. The molecule has 136 valence electrons. The van der Waals surface area contributed by atoms with E-state index < -0.39 is 10.0 Å². The van der Waals surface area contributed by atoms with Gasteiger partial charge in [-0.15, -0.1) is 0 Å². The van der Waals surface area contributed by atoms with Crippen molar-refractivity contribution in [2.24, 2.45) is 5.92 Å². The van der Waals surface area contributed by atoms with Crippen molar-refractivity contribution in [3.63, 3.8) is 0 Å². The van der Waals surface area contributed by atoms with Gasteiger partial charge in [-0.2, -0.15) is 0 Å². The van der Waals surface area contributed by atoms with Crippen molar-refractivity contribution in [2.75, 3.05) is 30.3 Å². The van der Waals surface area contributed by atoms with Gasteiger partial charge < -0.3 is 10.1 Å². The van der Waals surface area contributed by atoms with Crippen molar-refractivity contribution >= 4 is 21.6 Å². The fourth-order valence-corrected chi connectivity index (χ4v) is 3.13. The van der Waals surface area contributed by atoms with Crippen LogP contribution in [-0.2, 0) is 14.8 Å². The molecule has 0 saturated carbocycles. The molecule has 0 unspecified atom stereocenters. The van der Waals surface area contributed by atoms with Crippen molar-refractivity contribution in [2.45, 2.75) is 33.6 Å². The molecule has 1 aromatic carbocycles. The molecule has 0 atom stereocenters. The number of nitrogens with zero attached hydrogens (tertiary/aromatic N) is 1. The van der Waals surface area contributed by atoms with E-state index >= 15 is 0 Å². The van der Waals surface area contributed by atoms with Crippen LogP contribution in [0.5, 0.6) is 5.75 Å². The highest BCUT2D eigenvalue weighted by Gasteiger charge is 2.21. The molecule has 0 aliphatic heterocycles. The molecule has 0 aromatic heterocycles. The molecule has 0 fully saturated rings. The van der Waals surface area contributed by atoms with E-state index in [1.54, 1.807) is 24.3 Å². The number of benzene rings is 1. The number of para-hydroxylation sites is 2. The third kappa shape index (κ3) is 6.78. The molecule has 0 aliphatic carbocycles. The van der Waals surface area contributed by atoms with Crippen LogP contribution in [0.15, 0.2) is 24.3 Å². The Kier molecular flexibility index (Phi) is 8.04. The summed E-state index contributed by atoms with van der Waals surface area (Å²) in [4.78, 5) is 11.9. The lowest BCUT2D eigenvalue weighted by atomic mass is 10.1. The van der Waals surface area contributed by atoms with E-state index in [4.69, 9.17) is 4.74 Å². The first-order chi connectivity index (χ1) is 11.3. The van der Waals surface area contributed by atoms with Gasteiger partial charge in [0.2, 0.25) is 15.9 Å². The number of anilines is 1. The summed E-state index contributed by atoms with van der Waals surface area (Å²) >= 11 is 0. The van der Waals surface area contributed by atoms with Gasteiger partial charge in [-0.1, -0.05) is 26.0 Å². The summed E-state index contributed by atoms with van der Waals surface area (Å²) in [5.41, 5.74) is 0.455. The lowest BCUT2D eigenvalue weighted by Gasteiger charge is -2.24. The van der Waals surface area contributed by atoms with Crippen molar-refractivity contribution in [1.82, 2.24) is 5.32 Å². The molecule has 24 heavy (non-hydrogen) atoms. The SMILES string of the molecule is CCOc1ccccc1N(CCC(=O)NCCC(C)C)S(C)(=O)=O. The van der Waals surface area contributed by atoms with Crippen molar-refractivity contribution in [3.8, 4) is 5.75 Å². The highest BCUT2D eigenvalue weighted by Crippen LogP contribution is 2.29. The maximum absolute atomic E-state index is 12.1. The number of hydrogen-bond acceptors (Lipinski definition) is 4. The molecule has 1 aromatic rings. The number of carbonyl (C=O) groups is 1. The predicted octanol–water partition coefficient (Wildman–Crippen LogP) is 2.40. The Morgan fingerprint density at radius 3 is 2.54 bits per heavy atom. The van der Waals surface area contributed by atoms with Crippen LogP contribution < -0.4 is 14.4 Å². The first-order valence-electron chi connectivity index (χ1n) is 8.22. The lowest BCUT2D eigenvalue weighted by Crippen LogP contribution is -2.35. The Balaban J connectivity index is 2.80. The fourth-order valence-electron chi connectivity index (χ4n) is 2.20. The summed E-state index contributed by atoms with van der Waals surface area (Å²) in [5.74, 6) is 0.847. The van der Waals surface area contributed by atoms with Gasteiger partial charge in [0, 0.05) is 19.5 Å². The van der Waals surface area contributed by atoms with E-state index in [0.29, 0.717) is 30.5 Å². The van der Waals surface area contributed by atoms with E-state index in [0.717, 1.165) is 12.7 Å². The van der Waals surface area contributed by atoms with E-state index in [9.17, 15) is 13.2 Å². The summed E-state index contributed by atoms with van der Waals surface area (Å²) in [6.07, 6.45) is 2.13. The van der Waals surface area contributed by atoms with Gasteiger partial charge >= 0.3 is 0 Å². The molecular formula is C17H28N2O4S. The van der Waals surface area contributed by atoms with Gasteiger partial charge in [-0.05, 0) is 31.4 Å². The number of amides is 1. The van der Waals surface area contributed by atoms with E-state index in [1.807, 2.05) is 6.92 Å². The third-order valence-electron chi connectivity index (χ3n) is 3.42. The second kappa shape index (κ2) is 9.52. The Morgan fingerprint density at radius 1 is 1.29 bits per heavy atom. The normalized spacial score (nSPS) is 11.4. The molecule has 7 heteroatoms. The highest BCUT2D eigenvalue weighted by atomic mass is 32.2. The predicted molar refractivity (Wildman–Crippen MR) is 96.9 cm³/mol. The van der Waals surface area contributed by atoms with Gasteiger partial charge in [0.15, 0.2) is 0 Å². The zero-order chi connectivity index (χ0) is 18.2. The van der Waals surface area contributed by atoms with Crippen LogP contribution in [0.25, 0.3) is 0 Å². The van der Waals surface area contributed by atoms with Crippen LogP contribution >= 0.6 is 0 Å². The molecule has 0 saturated heterocycles. The van der Waals surface area contributed by atoms with E-state index in [1.165, 1.54) is 4.31 Å². The zero-order valence-electron chi connectivity index (χ0n) is 14.9. The van der Waals surface area contributed by atoms with Crippen LogP contribution in [0.3, 0.4) is 0 Å². The van der Waals surface area contributed by atoms with Gasteiger partial charge in [0.05, 0.1) is 18.6 Å². The Labute approximate surface area is 145 Å². The average molecular weight is 356 g/mol. The molecule has 0 radical (unpaired) electrons. The first-order valence-corrected chi connectivity index (χ1v) is 10.1. The third-order valence-corrected chi connectivity index (χ3v) is 4.60. The minimum absolute atomic E-state index is 0.0798. The largest absolute Gasteiger partial charge is 0.492 e. The molecule has 1 N–H and O–H groups in total. The van der Waals surface area contributed by atoms with E-state index in [2.05, 4.69) is 19.2 Å². The molecule has 1 rings (SSSR count). The zero-order valence-corrected chi connectivity index (χ0v) is 15.7. The molecule has 1 amide bonds. The molecule has 6 nitrogen and oxygen atoms in total. The summed E-state index contributed by atoms with van der Waals surface area (Å²) in [6, 6.07) is 6.94. The maximum Gasteiger partial charge on any atom is 0.232 e. The minimum atomic E-state index is -3.52. The van der Waals surface area contributed by atoms with Gasteiger partial charge in [0.25, 0.3) is 0 Å². The number of ether oxygens (including phenoxy) is 1. The quantitative estimate of drug-likeness (QED) is 0.698. The second-order valence-electron chi connectivity index (χ2n) is 6.02. The molecular weight excluding hydrogens is 328 g/mol. The van der Waals surface area contributed by atoms with Crippen LogP contribution in [0, 0.1) is 5.92 Å². The van der Waals surface area contributed by atoms with E-state index in [-0.39, 0.29) is 18.9 Å². The molecule has 0 spiro atoms. The number of hydrogen-bond donors (Lipinski definition) is 1. The standard InChI is InChI=1S/C17H28N2O4S/c1-5-23-16-9-7-6-8-15(16)19(24(4,21)22)13-11-17(20)18-12-10-14(2)3/h6-9,14H,5,10-13H2,1-4H3,(H,18,20). The Morgan fingerprint density at radius 2 is 1.96 bits per heavy atom. The second-order valence-corrected chi connectivity index (χ2v) is 7.93. The van der Waals surface area contributed by atoms with Crippen LogP contribution in [0.2, 0.25) is 0 Å². The number of rotatable bonds is 10. The lowest BCUT2D eigenvalue weighted by molar-refractivity contribution is -0.120. The fraction of sp³-hybridized carbons (Fsp3) is 0.588. The van der Waals surface area contributed by atoms with Crippen LogP contribution in [0.4, 0.5) is 5.69 Å². The van der Waals surface area contributed by atoms with Gasteiger partial charge in [0.1, 0.15) is 5.75 Å². The first kappa shape index (κ1) is 20.3. The highest BCUT2D eigenvalue weighted by molar-refractivity contribution is 7.92. The summed E-state index contributed by atoms with van der Waals surface area (Å²) in [7, 11) is -3.52. The van der Waals surface area contributed by atoms with Crippen LogP contribution in [-0.4, -0.2) is 40.3 Å². The average Bonchev–Trinajstić information content (AvgIpc) is 2.47. The minimum Gasteiger partial charge on any atom is -0.492 e. The molecule has 0 heterocycles. The maximum atomic E-state index is 12.1. The Bertz CT molecular complexity index is 629. The monoisotopic (exact) mass is 356 g/mol. The number of nitrogens with one attached hydrogen (secondary N) is 1. The molecule has 0 aliphatic rings. The number of carbonyl (C=O) groups excluding carboxylic acids is 1. The number of sulfonamides is 1. The van der Waals surface area contributed by atoms with Crippen molar-refractivity contribution < 1.29 is 17.9 Å². The topological polar surface area (TPSA) is 75.7 Å².